The second-order valence-corrected chi connectivity index (χ2v) is 8.51. The highest BCUT2D eigenvalue weighted by atomic mass is 32.2. The maximum Gasteiger partial charge on any atom is 0.338 e. The molecule has 0 heterocycles. The van der Waals surface area contributed by atoms with E-state index in [-0.39, 0.29) is 16.4 Å². The predicted molar refractivity (Wildman–Crippen MR) is 98.6 cm³/mol. The van der Waals surface area contributed by atoms with Crippen LogP contribution in [0.5, 0.6) is 0 Å². The van der Waals surface area contributed by atoms with Crippen LogP contribution in [0.4, 0.5) is 0 Å². The number of hydrogen-bond acceptors (Lipinski definition) is 5. The Morgan fingerprint density at radius 3 is 2.46 bits per heavy atom. The van der Waals surface area contributed by atoms with Crippen molar-refractivity contribution in [3.05, 3.63) is 41.5 Å². The molecule has 26 heavy (non-hydrogen) atoms. The first-order chi connectivity index (χ1) is 12.3. The number of benzene rings is 1. The van der Waals surface area contributed by atoms with Crippen molar-refractivity contribution in [2.24, 2.45) is 0 Å². The first-order valence-corrected chi connectivity index (χ1v) is 10.6. The number of allylic oxidation sites excluding steroid dienone is 1. The number of esters is 1. The average molecular weight is 379 g/mol. The zero-order chi connectivity index (χ0) is 19.2. The zero-order valence-electron chi connectivity index (χ0n) is 15.2. The van der Waals surface area contributed by atoms with E-state index < -0.39 is 21.9 Å². The van der Waals surface area contributed by atoms with Crippen LogP contribution in [0.3, 0.4) is 0 Å². The molecule has 0 saturated heterocycles. The molecule has 7 heteroatoms. The molecule has 6 nitrogen and oxygen atoms in total. The second kappa shape index (κ2) is 8.98. The summed E-state index contributed by atoms with van der Waals surface area (Å²) in [5.74, 6) is -1.01. The minimum absolute atomic E-state index is 0.122. The van der Waals surface area contributed by atoms with Crippen LogP contribution in [-0.2, 0) is 19.4 Å². The van der Waals surface area contributed by atoms with Crippen molar-refractivity contribution in [3.8, 4) is 0 Å². The lowest BCUT2D eigenvalue weighted by Crippen LogP contribution is -2.36. The van der Waals surface area contributed by atoms with Crippen molar-refractivity contribution in [1.82, 2.24) is 5.32 Å². The first-order valence-electron chi connectivity index (χ1n) is 8.74. The summed E-state index contributed by atoms with van der Waals surface area (Å²) in [5, 5.41) is 2.78. The maximum atomic E-state index is 12.1. The molecule has 1 aliphatic carbocycles. The zero-order valence-corrected chi connectivity index (χ0v) is 16.0. The summed E-state index contributed by atoms with van der Waals surface area (Å²) in [7, 11) is -3.32. The number of nitrogens with one attached hydrogen (secondary N) is 1. The summed E-state index contributed by atoms with van der Waals surface area (Å²) in [5.41, 5.74) is 1.57. The van der Waals surface area contributed by atoms with Crippen LogP contribution in [0, 0.1) is 0 Å². The molecule has 0 aromatic heterocycles. The minimum atomic E-state index is -3.32. The Morgan fingerprint density at radius 2 is 1.88 bits per heavy atom. The highest BCUT2D eigenvalue weighted by Crippen LogP contribution is 2.19. The molecule has 0 radical (unpaired) electrons. The van der Waals surface area contributed by atoms with E-state index in [0.29, 0.717) is 6.54 Å². The second-order valence-electron chi connectivity index (χ2n) is 6.49. The molecule has 0 fully saturated rings. The van der Waals surface area contributed by atoms with E-state index in [2.05, 4.69) is 11.4 Å². The van der Waals surface area contributed by atoms with Crippen LogP contribution in [0.1, 0.15) is 49.4 Å². The number of amides is 1. The van der Waals surface area contributed by atoms with Crippen molar-refractivity contribution < 1.29 is 22.7 Å². The highest BCUT2D eigenvalue weighted by molar-refractivity contribution is 7.90. The third kappa shape index (κ3) is 5.98. The van der Waals surface area contributed by atoms with Gasteiger partial charge >= 0.3 is 5.97 Å². The van der Waals surface area contributed by atoms with Gasteiger partial charge in [0.2, 0.25) is 0 Å². The Bertz CT molecular complexity index is 781. The topological polar surface area (TPSA) is 89.5 Å². The third-order valence-corrected chi connectivity index (χ3v) is 5.43. The fourth-order valence-corrected chi connectivity index (χ4v) is 3.37. The number of carbonyl (C=O) groups excluding carboxylic acids is 2. The molecule has 0 spiro atoms. The normalized spacial score (nSPS) is 15.7. The molecule has 1 N–H and O–H groups in total. The van der Waals surface area contributed by atoms with Crippen LogP contribution in [0.25, 0.3) is 0 Å². The Kier molecular flexibility index (Phi) is 6.97. The lowest BCUT2D eigenvalue weighted by atomic mass is 9.97. The van der Waals surface area contributed by atoms with Gasteiger partial charge in [-0.2, -0.15) is 0 Å². The number of rotatable bonds is 7. The van der Waals surface area contributed by atoms with Crippen LogP contribution in [0.15, 0.2) is 40.8 Å². The molecule has 0 bridgehead atoms. The monoisotopic (exact) mass is 379 g/mol. The van der Waals surface area contributed by atoms with Crippen LogP contribution >= 0.6 is 0 Å². The molecular formula is C19H25NO5S. The van der Waals surface area contributed by atoms with Gasteiger partial charge in [0.25, 0.3) is 5.91 Å². The van der Waals surface area contributed by atoms with E-state index in [1.165, 1.54) is 49.6 Å². The molecule has 1 atom stereocenters. The van der Waals surface area contributed by atoms with Gasteiger partial charge in [-0.25, -0.2) is 13.2 Å². The van der Waals surface area contributed by atoms with Gasteiger partial charge in [-0.15, -0.1) is 0 Å². The standard InChI is InChI=1S/C19H25NO5S/c1-14(18(21)20-13-12-15-6-4-3-5-7-15)25-19(22)16-8-10-17(11-9-16)26(2,23)24/h6,8-11,14H,3-5,7,12-13H2,1-2H3,(H,20,21)/t14-/m1/s1. The van der Waals surface area contributed by atoms with Crippen molar-refractivity contribution in [1.29, 1.82) is 0 Å². The van der Waals surface area contributed by atoms with Gasteiger partial charge in [0.05, 0.1) is 10.5 Å². The van der Waals surface area contributed by atoms with Gasteiger partial charge < -0.3 is 10.1 Å². The van der Waals surface area contributed by atoms with E-state index >= 15 is 0 Å². The van der Waals surface area contributed by atoms with Gasteiger partial charge in [0.15, 0.2) is 15.9 Å². The smallest absolute Gasteiger partial charge is 0.338 e. The summed E-state index contributed by atoms with van der Waals surface area (Å²) >= 11 is 0. The van der Waals surface area contributed by atoms with Crippen molar-refractivity contribution >= 4 is 21.7 Å². The van der Waals surface area contributed by atoms with Crippen LogP contribution in [-0.4, -0.2) is 39.2 Å². The van der Waals surface area contributed by atoms with Gasteiger partial charge in [-0.1, -0.05) is 11.6 Å². The summed E-state index contributed by atoms with van der Waals surface area (Å²) in [6.07, 6.45) is 7.85. The molecular weight excluding hydrogens is 354 g/mol. The molecule has 1 aromatic carbocycles. The summed E-state index contributed by atoms with van der Waals surface area (Å²) in [6.45, 7) is 2.04. The van der Waals surface area contributed by atoms with E-state index in [1.807, 2.05) is 0 Å². The van der Waals surface area contributed by atoms with E-state index in [1.54, 1.807) is 0 Å². The van der Waals surface area contributed by atoms with Gasteiger partial charge in [0, 0.05) is 12.8 Å². The summed E-state index contributed by atoms with van der Waals surface area (Å²) < 4.78 is 28.0. The van der Waals surface area contributed by atoms with Crippen molar-refractivity contribution in [2.45, 2.75) is 50.0 Å². The number of hydrogen-bond donors (Lipinski definition) is 1. The van der Waals surface area contributed by atoms with Gasteiger partial charge in [-0.3, -0.25) is 4.79 Å². The molecule has 1 amide bonds. The number of carbonyl (C=O) groups is 2. The predicted octanol–water partition coefficient (Wildman–Crippen LogP) is 2.64. The van der Waals surface area contributed by atoms with Gasteiger partial charge in [0.1, 0.15) is 0 Å². The minimum Gasteiger partial charge on any atom is -0.449 e. The first kappa shape index (κ1) is 20.2. The SMILES string of the molecule is C[C@@H](OC(=O)c1ccc(S(C)(=O)=O)cc1)C(=O)NCCC1=CCCCC1. The Balaban J connectivity index is 1.81. The maximum absolute atomic E-state index is 12.1. The molecule has 2 rings (SSSR count). The summed E-state index contributed by atoms with van der Waals surface area (Å²) in [4.78, 5) is 24.3. The lowest BCUT2D eigenvalue weighted by Gasteiger charge is -2.15. The quantitative estimate of drug-likeness (QED) is 0.581. The van der Waals surface area contributed by atoms with E-state index in [9.17, 15) is 18.0 Å². The average Bonchev–Trinajstić information content (AvgIpc) is 2.61. The van der Waals surface area contributed by atoms with E-state index in [0.717, 1.165) is 25.5 Å². The lowest BCUT2D eigenvalue weighted by molar-refractivity contribution is -0.129. The van der Waals surface area contributed by atoms with Crippen LogP contribution < -0.4 is 5.32 Å². The van der Waals surface area contributed by atoms with Crippen molar-refractivity contribution in [3.63, 3.8) is 0 Å². The molecule has 0 aliphatic heterocycles. The molecule has 1 aromatic rings. The van der Waals surface area contributed by atoms with Gasteiger partial charge in [-0.05, 0) is 63.3 Å². The fourth-order valence-electron chi connectivity index (χ4n) is 2.74. The Hall–Kier alpha value is -2.15. The fraction of sp³-hybridized carbons (Fsp3) is 0.474. The third-order valence-electron chi connectivity index (χ3n) is 4.30. The van der Waals surface area contributed by atoms with Crippen LogP contribution in [0.2, 0.25) is 0 Å². The van der Waals surface area contributed by atoms with E-state index in [4.69, 9.17) is 4.74 Å². The summed E-state index contributed by atoms with van der Waals surface area (Å²) in [6, 6.07) is 5.43. The number of sulfone groups is 1. The molecule has 1 aliphatic rings. The Labute approximate surface area is 154 Å². The number of ether oxygens (including phenoxy) is 1. The van der Waals surface area contributed by atoms with Crippen molar-refractivity contribution in [2.75, 3.05) is 12.8 Å². The molecule has 142 valence electrons. The Morgan fingerprint density at radius 1 is 1.19 bits per heavy atom. The highest BCUT2D eigenvalue weighted by Gasteiger charge is 2.19. The largest absolute Gasteiger partial charge is 0.449 e. The molecule has 0 saturated carbocycles. The molecule has 0 unspecified atom stereocenters.